The number of hydrogen-bond donors (Lipinski definition) is 0. The monoisotopic (exact) mass is 288 g/mol. The molecule has 0 aliphatic carbocycles. The van der Waals surface area contributed by atoms with Crippen LogP contribution in [0.4, 0.5) is 0 Å². The van der Waals surface area contributed by atoms with Crippen molar-refractivity contribution in [2.24, 2.45) is 0 Å². The van der Waals surface area contributed by atoms with Gasteiger partial charge in [-0.25, -0.2) is 0 Å². The van der Waals surface area contributed by atoms with Gasteiger partial charge in [-0.05, 0) is 52.7 Å². The van der Waals surface area contributed by atoms with Gasteiger partial charge in [0.15, 0.2) is 0 Å². The second-order valence-corrected chi connectivity index (χ2v) is 4.69. The maximum atomic E-state index is 5.81. The zero-order chi connectivity index (χ0) is 12.3. The van der Waals surface area contributed by atoms with Gasteiger partial charge in [-0.1, -0.05) is 36.4 Å². The number of halogens is 1. The molecule has 0 fully saturated rings. The van der Waals surface area contributed by atoms with E-state index in [0.717, 1.165) is 27.1 Å². The molecule has 0 amide bonds. The summed E-state index contributed by atoms with van der Waals surface area (Å²) in [6.07, 6.45) is 0. The molecule has 86 valence electrons. The van der Waals surface area contributed by atoms with Crippen molar-refractivity contribution in [1.82, 2.24) is 0 Å². The second kappa shape index (κ2) is 5.19. The number of allylic oxidation sites excluding steroid dienone is 1. The predicted molar refractivity (Wildman–Crippen MR) is 75.4 cm³/mol. The lowest BCUT2D eigenvalue weighted by Gasteiger charge is -2.09. The molecule has 0 bridgehead atoms. The molecule has 17 heavy (non-hydrogen) atoms. The van der Waals surface area contributed by atoms with Crippen LogP contribution in [0, 0.1) is 0 Å². The van der Waals surface area contributed by atoms with E-state index in [2.05, 4.69) is 22.5 Å². The van der Waals surface area contributed by atoms with Crippen molar-refractivity contribution >= 4 is 21.5 Å². The number of hydrogen-bond acceptors (Lipinski definition) is 1. The standard InChI is InChI=1S/C15H13BrO/c1-11(2)12-8-9-14(16)15(10-12)17-13-6-4-3-5-7-13/h3-10H,1H2,2H3. The van der Waals surface area contributed by atoms with E-state index in [1.807, 2.05) is 55.5 Å². The third-order valence-corrected chi connectivity index (χ3v) is 3.05. The van der Waals surface area contributed by atoms with Crippen LogP contribution in [0.2, 0.25) is 0 Å². The van der Waals surface area contributed by atoms with Gasteiger partial charge < -0.3 is 4.74 Å². The first-order chi connectivity index (χ1) is 8.16. The molecule has 0 aromatic heterocycles. The number of benzene rings is 2. The van der Waals surface area contributed by atoms with E-state index < -0.39 is 0 Å². The summed E-state index contributed by atoms with van der Waals surface area (Å²) in [7, 11) is 0. The van der Waals surface area contributed by atoms with Gasteiger partial charge in [0, 0.05) is 0 Å². The molecule has 1 nitrogen and oxygen atoms in total. The Bertz CT molecular complexity index is 532. The number of rotatable bonds is 3. The normalized spacial score (nSPS) is 10.0. The molecule has 0 spiro atoms. The van der Waals surface area contributed by atoms with Gasteiger partial charge in [0.05, 0.1) is 4.47 Å². The maximum Gasteiger partial charge on any atom is 0.142 e. The zero-order valence-electron chi connectivity index (χ0n) is 9.61. The van der Waals surface area contributed by atoms with Crippen LogP contribution < -0.4 is 4.74 Å². The summed E-state index contributed by atoms with van der Waals surface area (Å²) >= 11 is 3.48. The Balaban J connectivity index is 2.32. The number of para-hydroxylation sites is 1. The van der Waals surface area contributed by atoms with Crippen LogP contribution in [0.25, 0.3) is 5.57 Å². The van der Waals surface area contributed by atoms with E-state index >= 15 is 0 Å². The van der Waals surface area contributed by atoms with Crippen molar-refractivity contribution in [2.75, 3.05) is 0 Å². The van der Waals surface area contributed by atoms with Gasteiger partial charge in [-0.3, -0.25) is 0 Å². The minimum Gasteiger partial charge on any atom is -0.456 e. The van der Waals surface area contributed by atoms with Gasteiger partial charge in [0.25, 0.3) is 0 Å². The van der Waals surface area contributed by atoms with Crippen LogP contribution in [0.1, 0.15) is 12.5 Å². The fourth-order valence-corrected chi connectivity index (χ4v) is 1.79. The van der Waals surface area contributed by atoms with E-state index in [-0.39, 0.29) is 0 Å². The van der Waals surface area contributed by atoms with Gasteiger partial charge in [-0.15, -0.1) is 0 Å². The van der Waals surface area contributed by atoms with Gasteiger partial charge in [0.2, 0.25) is 0 Å². The van der Waals surface area contributed by atoms with Gasteiger partial charge in [-0.2, -0.15) is 0 Å². The predicted octanol–water partition coefficient (Wildman–Crippen LogP) is 5.27. The molecule has 2 aromatic rings. The highest BCUT2D eigenvalue weighted by molar-refractivity contribution is 9.10. The first kappa shape index (κ1) is 11.9. The van der Waals surface area contributed by atoms with Crippen molar-refractivity contribution in [3.63, 3.8) is 0 Å². The summed E-state index contributed by atoms with van der Waals surface area (Å²) in [5.41, 5.74) is 2.11. The Morgan fingerprint density at radius 3 is 2.47 bits per heavy atom. The van der Waals surface area contributed by atoms with E-state index in [1.54, 1.807) is 0 Å². The average molecular weight is 289 g/mol. The van der Waals surface area contributed by atoms with Crippen LogP contribution >= 0.6 is 15.9 Å². The lowest BCUT2D eigenvalue weighted by molar-refractivity contribution is 0.479. The summed E-state index contributed by atoms with van der Waals surface area (Å²) in [4.78, 5) is 0. The summed E-state index contributed by atoms with van der Waals surface area (Å²) < 4.78 is 6.75. The van der Waals surface area contributed by atoms with Crippen LogP contribution in [0.15, 0.2) is 59.6 Å². The van der Waals surface area contributed by atoms with Crippen LogP contribution in [-0.2, 0) is 0 Å². The molecule has 2 aromatic carbocycles. The molecule has 2 heteroatoms. The summed E-state index contributed by atoms with van der Waals surface area (Å²) in [5, 5.41) is 0. The third kappa shape index (κ3) is 2.98. The highest BCUT2D eigenvalue weighted by atomic mass is 79.9. The largest absolute Gasteiger partial charge is 0.456 e. The highest BCUT2D eigenvalue weighted by Crippen LogP contribution is 2.32. The van der Waals surface area contributed by atoms with Crippen LogP contribution in [0.5, 0.6) is 11.5 Å². The van der Waals surface area contributed by atoms with Crippen molar-refractivity contribution < 1.29 is 4.74 Å². The molecule has 0 atom stereocenters. The molecule has 0 saturated carbocycles. The molecular formula is C15H13BrO. The van der Waals surface area contributed by atoms with Gasteiger partial charge in [0.1, 0.15) is 11.5 Å². The fraction of sp³-hybridized carbons (Fsp3) is 0.0667. The van der Waals surface area contributed by atoms with E-state index in [4.69, 9.17) is 4.74 Å². The fourth-order valence-electron chi connectivity index (χ4n) is 1.46. The first-order valence-corrected chi connectivity index (χ1v) is 6.14. The Labute approximate surface area is 110 Å². The molecule has 0 saturated heterocycles. The van der Waals surface area contributed by atoms with Crippen LogP contribution in [0.3, 0.4) is 0 Å². The van der Waals surface area contributed by atoms with E-state index in [9.17, 15) is 0 Å². The third-order valence-electron chi connectivity index (χ3n) is 2.40. The summed E-state index contributed by atoms with van der Waals surface area (Å²) in [5.74, 6) is 1.63. The molecule has 0 N–H and O–H groups in total. The first-order valence-electron chi connectivity index (χ1n) is 5.35. The Kier molecular flexibility index (Phi) is 3.64. The summed E-state index contributed by atoms with van der Waals surface area (Å²) in [6, 6.07) is 15.7. The smallest absolute Gasteiger partial charge is 0.142 e. The molecule has 2 rings (SSSR count). The summed E-state index contributed by atoms with van der Waals surface area (Å²) in [6.45, 7) is 5.91. The topological polar surface area (TPSA) is 9.23 Å². The molecule has 0 aliphatic heterocycles. The van der Waals surface area contributed by atoms with Crippen molar-refractivity contribution in [2.45, 2.75) is 6.92 Å². The van der Waals surface area contributed by atoms with Crippen LogP contribution in [-0.4, -0.2) is 0 Å². The van der Waals surface area contributed by atoms with E-state index in [0.29, 0.717) is 0 Å². The molecular weight excluding hydrogens is 276 g/mol. The highest BCUT2D eigenvalue weighted by Gasteiger charge is 2.04. The Hall–Kier alpha value is -1.54. The van der Waals surface area contributed by atoms with E-state index in [1.165, 1.54) is 0 Å². The minimum absolute atomic E-state index is 0.802. The Morgan fingerprint density at radius 1 is 1.12 bits per heavy atom. The quantitative estimate of drug-likeness (QED) is 0.747. The molecule has 0 heterocycles. The Morgan fingerprint density at radius 2 is 1.82 bits per heavy atom. The zero-order valence-corrected chi connectivity index (χ0v) is 11.2. The van der Waals surface area contributed by atoms with Crippen molar-refractivity contribution in [3.8, 4) is 11.5 Å². The maximum absolute atomic E-state index is 5.81. The van der Waals surface area contributed by atoms with Crippen molar-refractivity contribution in [1.29, 1.82) is 0 Å². The minimum atomic E-state index is 0.802. The molecule has 0 aliphatic rings. The lowest BCUT2D eigenvalue weighted by Crippen LogP contribution is -1.87. The number of ether oxygens (including phenoxy) is 1. The second-order valence-electron chi connectivity index (χ2n) is 3.84. The molecule has 0 unspecified atom stereocenters. The van der Waals surface area contributed by atoms with Gasteiger partial charge >= 0.3 is 0 Å². The average Bonchev–Trinajstić information content (AvgIpc) is 2.33. The lowest BCUT2D eigenvalue weighted by atomic mass is 10.1. The van der Waals surface area contributed by atoms with Crippen molar-refractivity contribution in [3.05, 3.63) is 65.1 Å². The molecule has 0 radical (unpaired) electrons. The SMILES string of the molecule is C=C(C)c1ccc(Br)c(Oc2ccccc2)c1.